The van der Waals surface area contributed by atoms with E-state index in [9.17, 15) is 0 Å². The van der Waals surface area contributed by atoms with Crippen LogP contribution < -0.4 is 0 Å². The quantitative estimate of drug-likeness (QED) is 0.578. The zero-order valence-corrected chi connectivity index (χ0v) is 5.48. The van der Waals surface area contributed by atoms with E-state index in [0.717, 1.165) is 0 Å². The summed E-state index contributed by atoms with van der Waals surface area (Å²) in [7, 11) is 1.63. The van der Waals surface area contributed by atoms with Crippen LogP contribution in [0.25, 0.3) is 0 Å². The molecule has 0 saturated carbocycles. The fourth-order valence-corrected chi connectivity index (χ4v) is 0.519. The fraction of sp³-hybridized carbons (Fsp3) is 0.600. The topological polar surface area (TPSA) is 39.9 Å². The van der Waals surface area contributed by atoms with E-state index in [0.29, 0.717) is 0 Å². The Hall–Kier alpha value is -0.900. The highest BCUT2D eigenvalue weighted by atomic mass is 16.5. The molecule has 0 amide bonds. The molecule has 9 heavy (non-hydrogen) atoms. The van der Waals surface area contributed by atoms with Crippen LogP contribution in [-0.2, 0) is 4.74 Å². The van der Waals surface area contributed by atoms with Gasteiger partial charge in [0.25, 0.3) is 0 Å². The van der Waals surface area contributed by atoms with Gasteiger partial charge in [-0.1, -0.05) is 5.21 Å². The van der Waals surface area contributed by atoms with Crippen molar-refractivity contribution in [3.63, 3.8) is 0 Å². The minimum absolute atomic E-state index is 0.0208. The predicted molar refractivity (Wildman–Crippen MR) is 31.7 cm³/mol. The summed E-state index contributed by atoms with van der Waals surface area (Å²) in [6.45, 7) is 1.90. The Bertz CT molecular complexity index is 161. The van der Waals surface area contributed by atoms with Crippen molar-refractivity contribution in [1.29, 1.82) is 0 Å². The Kier molecular flexibility index (Phi) is 1.79. The number of aromatic nitrogens is 3. The molecule has 1 heterocycles. The third-order valence-corrected chi connectivity index (χ3v) is 1.15. The summed E-state index contributed by atoms with van der Waals surface area (Å²) in [6, 6.07) is 0. The van der Waals surface area contributed by atoms with Crippen LogP contribution in [0.15, 0.2) is 12.4 Å². The van der Waals surface area contributed by atoms with Crippen molar-refractivity contribution in [2.24, 2.45) is 0 Å². The first-order valence-electron chi connectivity index (χ1n) is 2.73. The summed E-state index contributed by atoms with van der Waals surface area (Å²) >= 11 is 0. The summed E-state index contributed by atoms with van der Waals surface area (Å²) in [4.78, 5) is 0. The van der Waals surface area contributed by atoms with Crippen molar-refractivity contribution in [3.8, 4) is 0 Å². The Morgan fingerprint density at radius 3 is 2.89 bits per heavy atom. The minimum Gasteiger partial charge on any atom is -0.360 e. The zero-order valence-electron chi connectivity index (χ0n) is 5.48. The van der Waals surface area contributed by atoms with Gasteiger partial charge in [-0.2, -0.15) is 0 Å². The van der Waals surface area contributed by atoms with E-state index in [1.165, 1.54) is 0 Å². The fourth-order valence-electron chi connectivity index (χ4n) is 0.519. The SMILES string of the molecule is COC(C)n1ccnn1. The van der Waals surface area contributed by atoms with Gasteiger partial charge >= 0.3 is 0 Å². The third kappa shape index (κ3) is 1.26. The highest BCUT2D eigenvalue weighted by Gasteiger charge is 1.99. The van der Waals surface area contributed by atoms with Gasteiger partial charge in [0.15, 0.2) is 0 Å². The van der Waals surface area contributed by atoms with Crippen LogP contribution in [0.4, 0.5) is 0 Å². The molecule has 0 bridgehead atoms. The van der Waals surface area contributed by atoms with E-state index in [4.69, 9.17) is 4.74 Å². The smallest absolute Gasteiger partial charge is 0.148 e. The standard InChI is InChI=1S/C5H9N3O/c1-5(9-2)8-4-3-6-7-8/h3-5H,1-2H3. The molecule has 1 unspecified atom stereocenters. The molecule has 0 N–H and O–H groups in total. The van der Waals surface area contributed by atoms with E-state index in [-0.39, 0.29) is 6.23 Å². The second-order valence-corrected chi connectivity index (χ2v) is 1.72. The number of hydrogen-bond acceptors (Lipinski definition) is 3. The monoisotopic (exact) mass is 127 g/mol. The molecular formula is C5H9N3O. The summed E-state index contributed by atoms with van der Waals surface area (Å²) in [5.41, 5.74) is 0. The molecule has 4 heteroatoms. The van der Waals surface area contributed by atoms with E-state index >= 15 is 0 Å². The molecule has 0 saturated heterocycles. The average molecular weight is 127 g/mol. The molecule has 0 radical (unpaired) electrons. The van der Waals surface area contributed by atoms with Crippen LogP contribution in [0, 0.1) is 0 Å². The first-order chi connectivity index (χ1) is 4.34. The van der Waals surface area contributed by atoms with Gasteiger partial charge in [0, 0.05) is 13.3 Å². The molecule has 50 valence electrons. The lowest BCUT2D eigenvalue weighted by Crippen LogP contribution is -2.07. The lowest BCUT2D eigenvalue weighted by molar-refractivity contribution is 0.0486. The molecule has 1 aromatic heterocycles. The molecular weight excluding hydrogens is 118 g/mol. The van der Waals surface area contributed by atoms with Gasteiger partial charge in [0.05, 0.1) is 6.20 Å². The van der Waals surface area contributed by atoms with E-state index in [2.05, 4.69) is 10.3 Å². The maximum absolute atomic E-state index is 4.96. The van der Waals surface area contributed by atoms with Crippen molar-refractivity contribution in [2.45, 2.75) is 13.2 Å². The van der Waals surface area contributed by atoms with Gasteiger partial charge in [0.2, 0.25) is 0 Å². The number of rotatable bonds is 2. The maximum atomic E-state index is 4.96. The van der Waals surface area contributed by atoms with Crippen molar-refractivity contribution in [1.82, 2.24) is 15.0 Å². The van der Waals surface area contributed by atoms with Crippen LogP contribution in [0.5, 0.6) is 0 Å². The third-order valence-electron chi connectivity index (χ3n) is 1.15. The minimum atomic E-state index is -0.0208. The summed E-state index contributed by atoms with van der Waals surface area (Å²) in [6.07, 6.45) is 3.36. The average Bonchev–Trinajstić information content (AvgIpc) is 2.37. The molecule has 1 rings (SSSR count). The molecule has 0 fully saturated rings. The molecule has 0 spiro atoms. The second-order valence-electron chi connectivity index (χ2n) is 1.72. The van der Waals surface area contributed by atoms with E-state index < -0.39 is 0 Å². The Morgan fingerprint density at radius 1 is 1.67 bits per heavy atom. The van der Waals surface area contributed by atoms with Gasteiger partial charge in [-0.15, -0.1) is 5.10 Å². The number of methoxy groups -OCH3 is 1. The first kappa shape index (κ1) is 6.22. The molecule has 1 aromatic rings. The van der Waals surface area contributed by atoms with E-state index in [1.54, 1.807) is 24.2 Å². The van der Waals surface area contributed by atoms with E-state index in [1.807, 2.05) is 6.92 Å². The van der Waals surface area contributed by atoms with Gasteiger partial charge in [-0.25, -0.2) is 4.68 Å². The number of hydrogen-bond donors (Lipinski definition) is 0. The second kappa shape index (κ2) is 2.59. The van der Waals surface area contributed by atoms with Crippen molar-refractivity contribution in [2.75, 3.05) is 7.11 Å². The first-order valence-corrected chi connectivity index (χ1v) is 2.73. The Morgan fingerprint density at radius 2 is 2.44 bits per heavy atom. The normalized spacial score (nSPS) is 13.6. The van der Waals surface area contributed by atoms with Crippen molar-refractivity contribution in [3.05, 3.63) is 12.4 Å². The summed E-state index contributed by atoms with van der Waals surface area (Å²) < 4.78 is 6.59. The van der Waals surface area contributed by atoms with Crippen LogP contribution in [-0.4, -0.2) is 22.1 Å². The maximum Gasteiger partial charge on any atom is 0.148 e. The zero-order chi connectivity index (χ0) is 6.69. The molecule has 0 aliphatic carbocycles. The van der Waals surface area contributed by atoms with Gasteiger partial charge in [-0.3, -0.25) is 0 Å². The molecule has 4 nitrogen and oxygen atoms in total. The van der Waals surface area contributed by atoms with Gasteiger partial charge < -0.3 is 4.74 Å². The van der Waals surface area contributed by atoms with Crippen molar-refractivity contribution >= 4 is 0 Å². The van der Waals surface area contributed by atoms with Crippen LogP contribution in [0.1, 0.15) is 13.2 Å². The molecule has 1 atom stereocenters. The van der Waals surface area contributed by atoms with Gasteiger partial charge in [0.1, 0.15) is 6.23 Å². The lowest BCUT2D eigenvalue weighted by atomic mass is 10.6. The highest BCUT2D eigenvalue weighted by molar-refractivity contribution is 4.64. The largest absolute Gasteiger partial charge is 0.360 e. The summed E-state index contributed by atoms with van der Waals surface area (Å²) in [5, 5.41) is 7.35. The van der Waals surface area contributed by atoms with Crippen LogP contribution >= 0.6 is 0 Å². The predicted octanol–water partition coefficient (Wildman–Crippen LogP) is 0.443. The highest BCUT2D eigenvalue weighted by Crippen LogP contribution is 1.99. The Balaban J connectivity index is 2.65. The lowest BCUT2D eigenvalue weighted by Gasteiger charge is -2.06. The molecule has 0 aliphatic heterocycles. The Labute approximate surface area is 53.4 Å². The number of nitrogens with zero attached hydrogens (tertiary/aromatic N) is 3. The molecule has 0 aromatic carbocycles. The number of ether oxygens (including phenoxy) is 1. The van der Waals surface area contributed by atoms with Crippen molar-refractivity contribution < 1.29 is 4.74 Å². The van der Waals surface area contributed by atoms with Gasteiger partial charge in [-0.05, 0) is 6.92 Å². The van der Waals surface area contributed by atoms with Crippen LogP contribution in [0.3, 0.4) is 0 Å². The molecule has 0 aliphatic rings. The van der Waals surface area contributed by atoms with Crippen LogP contribution in [0.2, 0.25) is 0 Å². The summed E-state index contributed by atoms with van der Waals surface area (Å²) in [5.74, 6) is 0.